The van der Waals surface area contributed by atoms with Crippen LogP contribution in [0.4, 0.5) is 0 Å². The highest BCUT2D eigenvalue weighted by Gasteiger charge is 2.19. The van der Waals surface area contributed by atoms with Crippen LogP contribution in [0.1, 0.15) is 22.3 Å². The molecule has 9 rings (SSSR count). The highest BCUT2D eigenvalue weighted by Crippen LogP contribution is 2.45. The van der Waals surface area contributed by atoms with Gasteiger partial charge in [0.1, 0.15) is 0 Å². The van der Waals surface area contributed by atoms with Crippen LogP contribution in [-0.4, -0.2) is 0 Å². The third-order valence-corrected chi connectivity index (χ3v) is 9.15. The first-order valence-electron chi connectivity index (χ1n) is 13.9. The van der Waals surface area contributed by atoms with Crippen molar-refractivity contribution in [2.45, 2.75) is 25.7 Å². The monoisotopic (exact) mass is 482 g/mol. The van der Waals surface area contributed by atoms with Crippen LogP contribution in [-0.2, 0) is 25.7 Å². The summed E-state index contributed by atoms with van der Waals surface area (Å²) in [6.45, 7) is 0. The standard InChI is InChI=1S/C38H26/c1-2-6-34-33(5-1)37(29-15-13-27-17-23-9-11-25(23)19-31(27)21-29)35-7-3-4-8-36(35)38(34)30-16-14-28-18-24-10-12-26(24)20-32(28)22-30/h1-8,13-22H,9-12H2. The fourth-order valence-corrected chi connectivity index (χ4v) is 6.96. The topological polar surface area (TPSA) is 0 Å². The second-order valence-electron chi connectivity index (χ2n) is 11.2. The molecule has 0 unspecified atom stereocenters. The van der Waals surface area contributed by atoms with Crippen molar-refractivity contribution >= 4 is 43.1 Å². The Kier molecular flexibility index (Phi) is 4.10. The second kappa shape index (κ2) is 7.55. The summed E-state index contributed by atoms with van der Waals surface area (Å²) in [4.78, 5) is 0. The first-order chi connectivity index (χ1) is 18.8. The van der Waals surface area contributed by atoms with Crippen molar-refractivity contribution in [2.24, 2.45) is 0 Å². The fourth-order valence-electron chi connectivity index (χ4n) is 6.96. The average Bonchev–Trinajstić information content (AvgIpc) is 2.93. The van der Waals surface area contributed by atoms with E-state index in [4.69, 9.17) is 0 Å². The van der Waals surface area contributed by atoms with Gasteiger partial charge in [-0.25, -0.2) is 0 Å². The molecule has 0 amide bonds. The Morgan fingerprint density at radius 1 is 0.316 bits per heavy atom. The molecule has 0 spiro atoms. The van der Waals surface area contributed by atoms with E-state index in [1.165, 1.54) is 113 Å². The summed E-state index contributed by atoms with van der Waals surface area (Å²) in [5, 5.41) is 10.7. The van der Waals surface area contributed by atoms with Crippen molar-refractivity contribution in [3.8, 4) is 22.3 Å². The zero-order chi connectivity index (χ0) is 24.8. The minimum atomic E-state index is 1.21. The summed E-state index contributed by atoms with van der Waals surface area (Å²) in [7, 11) is 0. The van der Waals surface area contributed by atoms with Gasteiger partial charge >= 0.3 is 0 Å². The van der Waals surface area contributed by atoms with Gasteiger partial charge in [-0.15, -0.1) is 0 Å². The molecule has 0 aromatic heterocycles. The molecule has 0 nitrogen and oxygen atoms in total. The van der Waals surface area contributed by atoms with Crippen LogP contribution in [0.3, 0.4) is 0 Å². The van der Waals surface area contributed by atoms with Gasteiger partial charge in [0.2, 0.25) is 0 Å². The molecule has 2 aliphatic carbocycles. The SMILES string of the molecule is c1ccc2c(-c3ccc4cc5c(cc4c3)CC5)c3ccccc3c(-c3ccc4cc5c(cc4c3)CC5)c2c1. The molecule has 0 atom stereocenters. The molecule has 0 heteroatoms. The van der Waals surface area contributed by atoms with Gasteiger partial charge in [-0.05, 0) is 125 Å². The van der Waals surface area contributed by atoms with E-state index >= 15 is 0 Å². The van der Waals surface area contributed by atoms with Gasteiger partial charge in [0, 0.05) is 0 Å². The molecule has 2 aliphatic rings. The van der Waals surface area contributed by atoms with Crippen molar-refractivity contribution in [1.82, 2.24) is 0 Å². The lowest BCUT2D eigenvalue weighted by atomic mass is 9.83. The van der Waals surface area contributed by atoms with E-state index in [-0.39, 0.29) is 0 Å². The zero-order valence-electron chi connectivity index (χ0n) is 21.2. The number of fused-ring (bicyclic) bond motifs is 6. The molecule has 178 valence electrons. The van der Waals surface area contributed by atoms with Gasteiger partial charge in [0.05, 0.1) is 0 Å². The van der Waals surface area contributed by atoms with Crippen LogP contribution in [0, 0.1) is 0 Å². The van der Waals surface area contributed by atoms with Crippen LogP contribution in [0.5, 0.6) is 0 Å². The van der Waals surface area contributed by atoms with Crippen LogP contribution < -0.4 is 0 Å². The number of aryl methyl sites for hydroxylation is 4. The lowest BCUT2D eigenvalue weighted by molar-refractivity contribution is 0.844. The van der Waals surface area contributed by atoms with E-state index < -0.39 is 0 Å². The van der Waals surface area contributed by atoms with Gasteiger partial charge < -0.3 is 0 Å². The molecule has 7 aromatic rings. The maximum absolute atomic E-state index is 2.42. The quantitative estimate of drug-likeness (QED) is 0.215. The van der Waals surface area contributed by atoms with Gasteiger partial charge in [-0.1, -0.05) is 97.1 Å². The lowest BCUT2D eigenvalue weighted by Crippen LogP contribution is -2.07. The maximum Gasteiger partial charge on any atom is -0.00262 e. The normalized spacial score (nSPS) is 13.9. The van der Waals surface area contributed by atoms with E-state index in [9.17, 15) is 0 Å². The summed E-state index contributed by atoms with van der Waals surface area (Å²) < 4.78 is 0. The molecule has 0 heterocycles. The molecule has 0 radical (unpaired) electrons. The average molecular weight is 483 g/mol. The summed E-state index contributed by atoms with van der Waals surface area (Å²) in [5.74, 6) is 0. The third-order valence-electron chi connectivity index (χ3n) is 9.15. The molecule has 7 aromatic carbocycles. The van der Waals surface area contributed by atoms with Crippen LogP contribution in [0.2, 0.25) is 0 Å². The maximum atomic E-state index is 2.42. The molecule has 0 saturated heterocycles. The molecule has 0 saturated carbocycles. The number of hydrogen-bond donors (Lipinski definition) is 0. The first kappa shape index (κ1) is 20.6. The van der Waals surface area contributed by atoms with E-state index in [2.05, 4.69) is 109 Å². The number of hydrogen-bond acceptors (Lipinski definition) is 0. The van der Waals surface area contributed by atoms with Crippen LogP contribution in [0.15, 0.2) is 109 Å². The Morgan fingerprint density at radius 2 is 0.658 bits per heavy atom. The Morgan fingerprint density at radius 3 is 1.00 bits per heavy atom. The van der Waals surface area contributed by atoms with Gasteiger partial charge in [0.15, 0.2) is 0 Å². The Bertz CT molecular complexity index is 1920. The van der Waals surface area contributed by atoms with E-state index in [1.54, 1.807) is 0 Å². The Hall–Kier alpha value is -4.42. The van der Waals surface area contributed by atoms with Crippen molar-refractivity contribution in [1.29, 1.82) is 0 Å². The summed E-state index contributed by atoms with van der Waals surface area (Å²) in [6, 6.07) is 41.7. The lowest BCUT2D eigenvalue weighted by Gasteiger charge is -2.21. The van der Waals surface area contributed by atoms with Crippen molar-refractivity contribution in [3.05, 3.63) is 131 Å². The molecule has 38 heavy (non-hydrogen) atoms. The predicted molar refractivity (Wildman–Crippen MR) is 162 cm³/mol. The molecular weight excluding hydrogens is 456 g/mol. The Labute approximate surface area is 222 Å². The van der Waals surface area contributed by atoms with E-state index in [0.29, 0.717) is 0 Å². The van der Waals surface area contributed by atoms with Crippen molar-refractivity contribution in [3.63, 3.8) is 0 Å². The third kappa shape index (κ3) is 2.86. The van der Waals surface area contributed by atoms with Crippen LogP contribution >= 0.6 is 0 Å². The molecule has 0 aliphatic heterocycles. The smallest absolute Gasteiger partial charge is 0.00262 e. The summed E-state index contributed by atoms with van der Waals surface area (Å²) in [6.07, 6.45) is 4.87. The minimum absolute atomic E-state index is 1.21. The largest absolute Gasteiger partial charge is 0.0616 e. The van der Waals surface area contributed by atoms with Crippen molar-refractivity contribution < 1.29 is 0 Å². The molecule has 0 N–H and O–H groups in total. The highest BCUT2D eigenvalue weighted by atomic mass is 14.2. The second-order valence-corrected chi connectivity index (χ2v) is 11.2. The molecule has 0 fully saturated rings. The summed E-state index contributed by atoms with van der Waals surface area (Å²) in [5.41, 5.74) is 11.4. The van der Waals surface area contributed by atoms with Gasteiger partial charge in [-0.2, -0.15) is 0 Å². The number of rotatable bonds is 2. The van der Waals surface area contributed by atoms with Crippen molar-refractivity contribution in [2.75, 3.05) is 0 Å². The molecular formula is C38H26. The predicted octanol–water partition coefficient (Wildman–Crippen LogP) is 9.83. The fraction of sp³-hybridized carbons (Fsp3) is 0.105. The Balaban J connectivity index is 1.35. The molecule has 0 bridgehead atoms. The number of benzene rings is 7. The van der Waals surface area contributed by atoms with Crippen LogP contribution in [0.25, 0.3) is 65.3 Å². The first-order valence-corrected chi connectivity index (χ1v) is 13.9. The van der Waals surface area contributed by atoms with E-state index in [0.717, 1.165) is 0 Å². The van der Waals surface area contributed by atoms with Gasteiger partial charge in [-0.3, -0.25) is 0 Å². The highest BCUT2D eigenvalue weighted by molar-refractivity contribution is 6.22. The summed E-state index contributed by atoms with van der Waals surface area (Å²) >= 11 is 0. The minimum Gasteiger partial charge on any atom is -0.0616 e. The zero-order valence-corrected chi connectivity index (χ0v) is 21.2. The van der Waals surface area contributed by atoms with E-state index in [1.807, 2.05) is 0 Å². The van der Waals surface area contributed by atoms with Gasteiger partial charge in [0.25, 0.3) is 0 Å².